The minimum Gasteiger partial charge on any atom is -0.0791 e. The van der Waals surface area contributed by atoms with Crippen LogP contribution in [0, 0.1) is 13.1 Å². The van der Waals surface area contributed by atoms with E-state index in [0.717, 1.165) is 5.70 Å². The third-order valence-electron chi connectivity index (χ3n) is 0.921. The van der Waals surface area contributed by atoms with Gasteiger partial charge in [0.25, 0.3) is 19.2 Å². The Bertz CT molecular complexity index is 190. The van der Waals surface area contributed by atoms with Gasteiger partial charge in [-0.1, -0.05) is 4.85 Å². The first-order valence-electron chi connectivity index (χ1n) is 2.70. The van der Waals surface area contributed by atoms with E-state index in [1.165, 1.54) is 0 Å². The Labute approximate surface area is 55.4 Å². The van der Waals surface area contributed by atoms with Gasteiger partial charge >= 0.3 is 5.70 Å². The Morgan fingerprint density at radius 1 is 1.56 bits per heavy atom. The van der Waals surface area contributed by atoms with Crippen LogP contribution in [0.25, 0.3) is 9.69 Å². The van der Waals surface area contributed by atoms with Crippen molar-refractivity contribution in [3.8, 4) is 13.1 Å². The molecule has 0 saturated heterocycles. The van der Waals surface area contributed by atoms with E-state index >= 15 is 0 Å². The Kier molecular flexibility index (Phi) is 3.16. The molecule has 0 rings (SSSR count). The second-order valence-electron chi connectivity index (χ2n) is 1.83. The molecule has 0 aromatic heterocycles. The van der Waals surface area contributed by atoms with Gasteiger partial charge in [0, 0.05) is 13.8 Å². The lowest BCUT2D eigenvalue weighted by Gasteiger charge is -1.74. The first kappa shape index (κ1) is 7.72. The molecule has 2 heteroatoms. The van der Waals surface area contributed by atoms with Gasteiger partial charge in [-0.2, -0.15) is 0 Å². The van der Waals surface area contributed by atoms with E-state index in [1.807, 2.05) is 6.92 Å². The molecule has 46 valence electrons. The normalized spacial score (nSPS) is 13.6. The number of hydrogen-bond acceptors (Lipinski definition) is 0. The van der Waals surface area contributed by atoms with Crippen LogP contribution in [0.15, 0.2) is 11.8 Å². The lowest BCUT2D eigenvalue weighted by molar-refractivity contribution is 1.08. The molecule has 9 heavy (non-hydrogen) atoms. The highest BCUT2D eigenvalue weighted by Crippen LogP contribution is 1.98. The summed E-state index contributed by atoms with van der Waals surface area (Å²) in [5.41, 5.74) is 0.747. The molecule has 0 spiro atoms. The van der Waals surface area contributed by atoms with Crippen molar-refractivity contribution in [2.75, 3.05) is 0 Å². The minimum atomic E-state index is -0.00250. The van der Waals surface area contributed by atoms with Crippen molar-refractivity contribution in [2.45, 2.75) is 19.9 Å². The molecule has 0 aliphatic carbocycles. The zero-order chi connectivity index (χ0) is 7.28. The van der Waals surface area contributed by atoms with Gasteiger partial charge in [0.05, 0.1) is 6.08 Å². The van der Waals surface area contributed by atoms with Gasteiger partial charge in [-0.25, -0.2) is 0 Å². The summed E-state index contributed by atoms with van der Waals surface area (Å²) in [6, 6.07) is -0.00250. The van der Waals surface area contributed by atoms with Crippen LogP contribution >= 0.6 is 0 Å². The highest BCUT2D eigenvalue weighted by atomic mass is 14.7. The number of rotatable bonds is 1. The maximum Gasteiger partial charge on any atom is 0.317 e. The Hall–Kier alpha value is -1.28. The summed E-state index contributed by atoms with van der Waals surface area (Å²) in [5.74, 6) is 0. The van der Waals surface area contributed by atoms with E-state index in [-0.39, 0.29) is 6.04 Å². The first-order valence-corrected chi connectivity index (χ1v) is 2.70. The maximum absolute atomic E-state index is 4.97. The van der Waals surface area contributed by atoms with Crippen molar-refractivity contribution in [3.05, 3.63) is 21.5 Å². The van der Waals surface area contributed by atoms with Gasteiger partial charge in [-0.3, -0.25) is 0 Å². The molecule has 0 fully saturated rings. The second kappa shape index (κ2) is 3.69. The van der Waals surface area contributed by atoms with Crippen LogP contribution in [0.2, 0.25) is 0 Å². The fraction of sp³-hybridized carbons (Fsp3) is 0.429. The summed E-state index contributed by atoms with van der Waals surface area (Å²) < 4.78 is 0. The summed E-state index contributed by atoms with van der Waals surface area (Å²) in [5, 5.41) is 0. The van der Waals surface area contributed by atoms with E-state index in [1.54, 1.807) is 13.0 Å². The van der Waals surface area contributed by atoms with Gasteiger partial charge in [0.2, 0.25) is 0 Å². The molecule has 0 N–H and O–H groups in total. The monoisotopic (exact) mass is 122 g/mol. The van der Waals surface area contributed by atoms with E-state index < -0.39 is 0 Å². The average molecular weight is 122 g/mol. The molecule has 0 amide bonds. The molecule has 2 nitrogen and oxygen atoms in total. The number of nitrogens with zero attached hydrogens (tertiary/aromatic N) is 2. The predicted molar refractivity (Wildman–Crippen MR) is 39.8 cm³/mol. The summed E-state index contributed by atoms with van der Waals surface area (Å²) >= 11 is 0. The Morgan fingerprint density at radius 2 is 2.11 bits per heavy atom. The summed E-state index contributed by atoms with van der Waals surface area (Å²) in [6.07, 6.45) is 1.78. The maximum atomic E-state index is 4.97. The van der Waals surface area contributed by atoms with Gasteiger partial charge in [0.15, 0.2) is 0 Å². The van der Waals surface area contributed by atoms with Gasteiger partial charge in [0.1, 0.15) is 0 Å². The molecule has 0 bridgehead atoms. The fourth-order valence-electron chi connectivity index (χ4n) is 0.435. The smallest absolute Gasteiger partial charge is 0.0791 e. The van der Waals surface area contributed by atoms with Gasteiger partial charge < -0.3 is 0 Å². The van der Waals surface area contributed by atoms with Gasteiger partial charge in [-0.15, -0.1) is 0 Å². The summed E-state index contributed by atoms with van der Waals surface area (Å²) in [6.45, 7) is 13.6. The number of allylic oxidation sites excluding steroid dienone is 1. The van der Waals surface area contributed by atoms with E-state index in [0.29, 0.717) is 0 Å². The first-order chi connectivity index (χ1) is 4.20. The lowest BCUT2D eigenvalue weighted by atomic mass is 10.3. The largest absolute Gasteiger partial charge is 0.317 e. The van der Waals surface area contributed by atoms with Crippen LogP contribution < -0.4 is 0 Å². The number of hydrogen-bond donors (Lipinski definition) is 0. The third kappa shape index (κ3) is 3.32. The van der Waals surface area contributed by atoms with Gasteiger partial charge in [-0.05, 0) is 4.85 Å². The second-order valence-corrected chi connectivity index (χ2v) is 1.83. The van der Waals surface area contributed by atoms with Crippen LogP contribution in [0.3, 0.4) is 0 Å². The summed E-state index contributed by atoms with van der Waals surface area (Å²) in [4.78, 5) is 6.91. The van der Waals surface area contributed by atoms with Crippen LogP contribution in [0.1, 0.15) is 13.8 Å². The fourth-order valence-corrected chi connectivity index (χ4v) is 0.435. The van der Waals surface area contributed by atoms with Crippen LogP contribution in [0.5, 0.6) is 0 Å². The molecule has 0 saturated carbocycles. The van der Waals surface area contributed by atoms with E-state index in [2.05, 4.69) is 9.69 Å². The standard InChI is InChI=1S/C7H10N2/c1-6(8-3)5-7(2)9-4/h3-6H,1-2H3/q+2. The van der Waals surface area contributed by atoms with Crippen molar-refractivity contribution >= 4 is 0 Å². The van der Waals surface area contributed by atoms with Crippen LogP contribution in [-0.2, 0) is 0 Å². The molecule has 0 heterocycles. The zero-order valence-corrected chi connectivity index (χ0v) is 5.70. The van der Waals surface area contributed by atoms with Crippen molar-refractivity contribution in [2.24, 2.45) is 0 Å². The average Bonchev–Trinajstić information content (AvgIpc) is 1.87. The third-order valence-corrected chi connectivity index (χ3v) is 0.921. The molecule has 0 radical (unpaired) electrons. The van der Waals surface area contributed by atoms with Crippen molar-refractivity contribution in [1.29, 1.82) is 0 Å². The highest BCUT2D eigenvalue weighted by molar-refractivity contribution is 5.13. The SMILES string of the molecule is C#[N+]C(C)=CC(C)[N+]#C. The highest BCUT2D eigenvalue weighted by Gasteiger charge is 2.07. The zero-order valence-electron chi connectivity index (χ0n) is 5.70. The topological polar surface area (TPSA) is 8.72 Å². The van der Waals surface area contributed by atoms with Crippen LogP contribution in [0.4, 0.5) is 0 Å². The molecule has 0 aromatic carbocycles. The molecule has 1 atom stereocenters. The lowest BCUT2D eigenvalue weighted by Crippen LogP contribution is -1.86. The van der Waals surface area contributed by atoms with E-state index in [9.17, 15) is 0 Å². The molecule has 0 aromatic rings. The molecule has 0 aliphatic rings. The summed E-state index contributed by atoms with van der Waals surface area (Å²) in [7, 11) is 0. The molecular weight excluding hydrogens is 112 g/mol. The minimum absolute atomic E-state index is 0.00250. The Morgan fingerprint density at radius 3 is 2.44 bits per heavy atom. The Balaban J connectivity index is 4.03. The van der Waals surface area contributed by atoms with Crippen LogP contribution in [-0.4, -0.2) is 6.04 Å². The molecular formula is C7H10N2+2. The van der Waals surface area contributed by atoms with Crippen molar-refractivity contribution < 1.29 is 0 Å². The van der Waals surface area contributed by atoms with E-state index in [4.69, 9.17) is 13.1 Å². The predicted octanol–water partition coefficient (Wildman–Crippen LogP) is 2.20. The van der Waals surface area contributed by atoms with Crippen molar-refractivity contribution in [3.63, 3.8) is 0 Å². The molecule has 1 unspecified atom stereocenters. The molecule has 0 aliphatic heterocycles. The van der Waals surface area contributed by atoms with Crippen molar-refractivity contribution in [1.82, 2.24) is 0 Å². The quantitative estimate of drug-likeness (QED) is 0.504.